The van der Waals surface area contributed by atoms with Gasteiger partial charge in [0.15, 0.2) is 11.4 Å². The number of esters is 1. The zero-order valence-corrected chi connectivity index (χ0v) is 17.0. The molecule has 4 rings (SSSR count). The Morgan fingerprint density at radius 3 is 2.52 bits per heavy atom. The summed E-state index contributed by atoms with van der Waals surface area (Å²) in [6, 6.07) is 17.8. The van der Waals surface area contributed by atoms with Gasteiger partial charge in [0.05, 0.1) is 5.41 Å². The molecule has 0 radical (unpaired) electrons. The Bertz CT molecular complexity index is 1080. The molecule has 3 aromatic rings. The number of benzene rings is 2. The zero-order chi connectivity index (χ0) is 20.3. The van der Waals surface area contributed by atoms with E-state index in [2.05, 4.69) is 29.3 Å². The Hall–Kier alpha value is -2.99. The molecule has 0 atom stereocenters. The number of nitrogens with zero attached hydrogens (tertiary/aromatic N) is 2. The first-order valence-electron chi connectivity index (χ1n) is 9.57. The average molecular weight is 407 g/mol. The van der Waals surface area contributed by atoms with E-state index in [0.717, 1.165) is 24.0 Å². The van der Waals surface area contributed by atoms with Crippen molar-refractivity contribution in [2.75, 3.05) is 6.61 Å². The van der Waals surface area contributed by atoms with Gasteiger partial charge in [0.2, 0.25) is 0 Å². The van der Waals surface area contributed by atoms with Gasteiger partial charge in [0.25, 0.3) is 5.91 Å². The highest BCUT2D eigenvalue weighted by molar-refractivity contribution is 7.07. The van der Waals surface area contributed by atoms with Crippen molar-refractivity contribution in [3.8, 4) is 0 Å². The summed E-state index contributed by atoms with van der Waals surface area (Å²) in [4.78, 5) is 29.6. The van der Waals surface area contributed by atoms with Crippen LogP contribution in [0.25, 0.3) is 0 Å². The summed E-state index contributed by atoms with van der Waals surface area (Å²) < 4.78 is 7.24. The highest BCUT2D eigenvalue weighted by Gasteiger charge is 2.52. The molecule has 1 saturated carbocycles. The van der Waals surface area contributed by atoms with E-state index in [1.807, 2.05) is 53.4 Å². The minimum absolute atomic E-state index is 0.337. The van der Waals surface area contributed by atoms with E-state index in [9.17, 15) is 9.59 Å². The highest BCUT2D eigenvalue weighted by atomic mass is 32.1. The molecule has 0 aliphatic heterocycles. The number of hydrogen-bond donors (Lipinski definition) is 0. The number of thiazole rings is 1. The Balaban J connectivity index is 1.40. The maximum atomic E-state index is 12.6. The van der Waals surface area contributed by atoms with Crippen LogP contribution in [0, 0.1) is 6.92 Å². The van der Waals surface area contributed by atoms with E-state index >= 15 is 0 Å². The van der Waals surface area contributed by atoms with E-state index in [0.29, 0.717) is 11.3 Å². The van der Waals surface area contributed by atoms with Gasteiger partial charge in [0.1, 0.15) is 0 Å². The third kappa shape index (κ3) is 4.38. The topological polar surface area (TPSA) is 60.7 Å². The molecule has 1 aliphatic rings. The average Bonchev–Trinajstić information content (AvgIpc) is 3.45. The molecule has 1 aliphatic carbocycles. The Labute approximate surface area is 173 Å². The molecule has 2 aromatic carbocycles. The Kier molecular flexibility index (Phi) is 5.45. The number of carbonyl (C=O) groups is 2. The molecule has 29 heavy (non-hydrogen) atoms. The van der Waals surface area contributed by atoms with Crippen LogP contribution in [0.5, 0.6) is 0 Å². The van der Waals surface area contributed by atoms with Crippen LogP contribution in [-0.4, -0.2) is 23.1 Å². The Morgan fingerprint density at radius 1 is 1.10 bits per heavy atom. The molecular formula is C23H22N2O3S. The molecular weight excluding hydrogens is 384 g/mol. The summed E-state index contributed by atoms with van der Waals surface area (Å²) >= 11 is 1.38. The number of rotatable bonds is 6. The number of aromatic nitrogens is 1. The molecule has 0 N–H and O–H groups in total. The molecule has 1 fully saturated rings. The van der Waals surface area contributed by atoms with Crippen molar-refractivity contribution in [1.82, 2.24) is 4.57 Å². The fourth-order valence-electron chi connectivity index (χ4n) is 3.29. The van der Waals surface area contributed by atoms with Crippen LogP contribution in [0.15, 0.2) is 71.2 Å². The molecule has 1 amide bonds. The van der Waals surface area contributed by atoms with Crippen molar-refractivity contribution in [3.63, 3.8) is 0 Å². The second kappa shape index (κ2) is 8.17. The number of aryl methyl sites for hydroxylation is 1. The monoisotopic (exact) mass is 406 g/mol. The van der Waals surface area contributed by atoms with Crippen molar-refractivity contribution in [2.45, 2.75) is 31.7 Å². The van der Waals surface area contributed by atoms with Crippen molar-refractivity contribution in [2.24, 2.45) is 4.99 Å². The maximum absolute atomic E-state index is 12.6. The fraction of sp³-hybridized carbons (Fsp3) is 0.261. The molecule has 0 spiro atoms. The first-order valence-corrected chi connectivity index (χ1v) is 10.4. The van der Waals surface area contributed by atoms with E-state index in [4.69, 9.17) is 4.74 Å². The van der Waals surface area contributed by atoms with E-state index in [1.165, 1.54) is 16.9 Å². The standard InChI is InChI=1S/C23H22N2O3S/c1-17-7-9-18(10-8-17)15-25-13-14-29-22(25)24-20(26)16-28-21(27)23(11-12-23)19-5-3-2-4-6-19/h2-10,13-14H,11-12,15-16H2,1H3. The van der Waals surface area contributed by atoms with Gasteiger partial charge in [-0.3, -0.25) is 9.59 Å². The highest BCUT2D eigenvalue weighted by Crippen LogP contribution is 2.49. The van der Waals surface area contributed by atoms with Crippen LogP contribution in [0.4, 0.5) is 0 Å². The second-order valence-corrected chi connectivity index (χ2v) is 8.20. The van der Waals surface area contributed by atoms with Gasteiger partial charge in [0, 0.05) is 18.1 Å². The van der Waals surface area contributed by atoms with Gasteiger partial charge in [-0.15, -0.1) is 11.3 Å². The summed E-state index contributed by atoms with van der Waals surface area (Å²) in [6.45, 7) is 2.34. The minimum atomic E-state index is -0.587. The molecule has 6 heteroatoms. The van der Waals surface area contributed by atoms with Gasteiger partial charge in [-0.2, -0.15) is 4.99 Å². The van der Waals surface area contributed by atoms with Crippen LogP contribution < -0.4 is 4.80 Å². The van der Waals surface area contributed by atoms with Crippen LogP contribution >= 0.6 is 11.3 Å². The summed E-state index contributed by atoms with van der Waals surface area (Å²) in [6.07, 6.45) is 3.41. The summed E-state index contributed by atoms with van der Waals surface area (Å²) in [7, 11) is 0. The number of carbonyl (C=O) groups excluding carboxylic acids is 2. The predicted octanol–water partition coefficient (Wildman–Crippen LogP) is 3.61. The summed E-state index contributed by atoms with van der Waals surface area (Å²) in [5.74, 6) is -0.798. The van der Waals surface area contributed by atoms with Gasteiger partial charge < -0.3 is 9.30 Å². The van der Waals surface area contributed by atoms with Crippen molar-refractivity contribution < 1.29 is 14.3 Å². The lowest BCUT2D eigenvalue weighted by molar-refractivity contribution is -0.150. The van der Waals surface area contributed by atoms with Gasteiger partial charge in [-0.25, -0.2) is 0 Å². The molecule has 5 nitrogen and oxygen atoms in total. The first-order chi connectivity index (χ1) is 14.1. The van der Waals surface area contributed by atoms with E-state index in [1.54, 1.807) is 0 Å². The molecule has 1 aromatic heterocycles. The van der Waals surface area contributed by atoms with E-state index in [-0.39, 0.29) is 12.6 Å². The Morgan fingerprint density at radius 2 is 1.83 bits per heavy atom. The molecule has 0 saturated heterocycles. The zero-order valence-electron chi connectivity index (χ0n) is 16.2. The fourth-order valence-corrected chi connectivity index (χ4v) is 4.04. The van der Waals surface area contributed by atoms with Crippen molar-refractivity contribution in [3.05, 3.63) is 87.7 Å². The quantitative estimate of drug-likeness (QED) is 0.588. The summed E-state index contributed by atoms with van der Waals surface area (Å²) in [5, 5.41) is 1.89. The lowest BCUT2D eigenvalue weighted by Gasteiger charge is -2.13. The van der Waals surface area contributed by atoms with Gasteiger partial charge in [-0.05, 0) is 30.9 Å². The normalized spacial score (nSPS) is 15.1. The van der Waals surface area contributed by atoms with E-state index < -0.39 is 11.3 Å². The van der Waals surface area contributed by atoms with Crippen LogP contribution in [0.2, 0.25) is 0 Å². The van der Waals surface area contributed by atoms with Gasteiger partial charge >= 0.3 is 5.97 Å². The third-order valence-electron chi connectivity index (χ3n) is 5.15. The molecule has 0 unspecified atom stereocenters. The first kappa shape index (κ1) is 19.3. The van der Waals surface area contributed by atoms with Gasteiger partial charge in [-0.1, -0.05) is 60.2 Å². The van der Waals surface area contributed by atoms with Crippen LogP contribution in [-0.2, 0) is 26.3 Å². The SMILES string of the molecule is Cc1ccc(Cn2ccsc2=NC(=O)COC(=O)C2(c3ccccc3)CC2)cc1. The third-order valence-corrected chi connectivity index (χ3v) is 5.94. The summed E-state index contributed by atoms with van der Waals surface area (Å²) in [5.41, 5.74) is 2.70. The molecule has 1 heterocycles. The minimum Gasteiger partial charge on any atom is -0.455 e. The smallest absolute Gasteiger partial charge is 0.317 e. The molecule has 0 bridgehead atoms. The van der Waals surface area contributed by atoms with Crippen molar-refractivity contribution >= 4 is 23.2 Å². The predicted molar refractivity (Wildman–Crippen MR) is 111 cm³/mol. The second-order valence-electron chi connectivity index (χ2n) is 7.33. The van der Waals surface area contributed by atoms with Crippen LogP contribution in [0.1, 0.15) is 29.5 Å². The lowest BCUT2D eigenvalue weighted by atomic mass is 9.96. The number of hydrogen-bond acceptors (Lipinski definition) is 4. The van der Waals surface area contributed by atoms with Crippen molar-refractivity contribution in [1.29, 1.82) is 0 Å². The number of ether oxygens (including phenoxy) is 1. The maximum Gasteiger partial charge on any atom is 0.317 e. The number of amides is 1. The lowest BCUT2D eigenvalue weighted by Crippen LogP contribution is -2.26. The largest absolute Gasteiger partial charge is 0.455 e. The molecule has 148 valence electrons. The van der Waals surface area contributed by atoms with Crippen LogP contribution in [0.3, 0.4) is 0 Å².